The van der Waals surface area contributed by atoms with E-state index in [0.29, 0.717) is 23.9 Å². The number of amidine groups is 1. The van der Waals surface area contributed by atoms with Gasteiger partial charge in [0.1, 0.15) is 24.2 Å². The van der Waals surface area contributed by atoms with Crippen molar-refractivity contribution in [1.29, 1.82) is 0 Å². The van der Waals surface area contributed by atoms with Crippen LogP contribution in [0.4, 0.5) is 5.69 Å². The molecule has 8 nitrogen and oxygen atoms in total. The van der Waals surface area contributed by atoms with E-state index >= 15 is 0 Å². The maximum atomic E-state index is 12.8. The Balaban J connectivity index is 1.40. The predicted molar refractivity (Wildman–Crippen MR) is 117 cm³/mol. The van der Waals surface area contributed by atoms with Gasteiger partial charge >= 0.3 is 0 Å². The molecule has 0 aliphatic carbocycles. The highest BCUT2D eigenvalue weighted by atomic mass is 16.2. The molecule has 0 fully saturated rings. The van der Waals surface area contributed by atoms with Gasteiger partial charge in [-0.3, -0.25) is 14.5 Å². The average Bonchev–Trinajstić information content (AvgIpc) is 3.07. The zero-order chi connectivity index (χ0) is 21.6. The molecular weight excluding hydrogens is 392 g/mol. The van der Waals surface area contributed by atoms with Gasteiger partial charge in [-0.15, -0.1) is 0 Å². The third kappa shape index (κ3) is 4.87. The molecule has 31 heavy (non-hydrogen) atoms. The first-order valence-corrected chi connectivity index (χ1v) is 9.73. The van der Waals surface area contributed by atoms with Crippen molar-refractivity contribution < 1.29 is 9.59 Å². The van der Waals surface area contributed by atoms with Crippen LogP contribution < -0.4 is 10.2 Å². The first-order valence-electron chi connectivity index (χ1n) is 9.73. The number of carbonyl (C=O) groups is 2. The van der Waals surface area contributed by atoms with E-state index in [1.54, 1.807) is 6.92 Å². The molecule has 0 atom stereocenters. The summed E-state index contributed by atoms with van der Waals surface area (Å²) in [6, 6.07) is 17.1. The minimum absolute atomic E-state index is 0.0610. The molecule has 1 aliphatic rings. The second-order valence-electron chi connectivity index (χ2n) is 6.93. The summed E-state index contributed by atoms with van der Waals surface area (Å²) >= 11 is 0. The van der Waals surface area contributed by atoms with Crippen LogP contribution in [-0.2, 0) is 22.6 Å². The molecule has 8 heteroatoms. The van der Waals surface area contributed by atoms with Crippen molar-refractivity contribution in [3.8, 4) is 0 Å². The fraction of sp³-hybridized carbons (Fsp3) is 0.130. The van der Waals surface area contributed by atoms with E-state index in [4.69, 9.17) is 0 Å². The summed E-state index contributed by atoms with van der Waals surface area (Å²) in [5.41, 5.74) is 2.85. The lowest BCUT2D eigenvalue weighted by molar-refractivity contribution is -0.120. The lowest BCUT2D eigenvalue weighted by Gasteiger charge is -2.16. The van der Waals surface area contributed by atoms with E-state index < -0.39 is 0 Å². The van der Waals surface area contributed by atoms with Crippen molar-refractivity contribution in [1.82, 2.24) is 20.3 Å². The maximum Gasteiger partial charge on any atom is 0.282 e. The third-order valence-corrected chi connectivity index (χ3v) is 4.70. The number of rotatable bonds is 6. The van der Waals surface area contributed by atoms with E-state index in [1.165, 1.54) is 23.6 Å². The van der Waals surface area contributed by atoms with Gasteiger partial charge in [-0.25, -0.2) is 19.9 Å². The van der Waals surface area contributed by atoms with Crippen LogP contribution in [0.15, 0.2) is 77.9 Å². The van der Waals surface area contributed by atoms with Crippen LogP contribution in [0, 0.1) is 0 Å². The average molecular weight is 412 g/mol. The lowest BCUT2D eigenvalue weighted by atomic mass is 10.1. The molecule has 1 N–H and O–H groups in total. The van der Waals surface area contributed by atoms with E-state index in [0.717, 1.165) is 11.1 Å². The molecule has 2 aromatic carbocycles. The zero-order valence-electron chi connectivity index (χ0n) is 16.9. The lowest BCUT2D eigenvalue weighted by Crippen LogP contribution is -2.30. The number of amides is 2. The van der Waals surface area contributed by atoms with Crippen LogP contribution >= 0.6 is 0 Å². The molecule has 0 unspecified atom stereocenters. The van der Waals surface area contributed by atoms with Crippen molar-refractivity contribution in [3.63, 3.8) is 0 Å². The third-order valence-electron chi connectivity index (χ3n) is 4.70. The smallest absolute Gasteiger partial charge is 0.282 e. The zero-order valence-corrected chi connectivity index (χ0v) is 16.9. The van der Waals surface area contributed by atoms with Crippen molar-refractivity contribution >= 4 is 29.4 Å². The molecule has 1 aliphatic heterocycles. The Morgan fingerprint density at radius 3 is 2.42 bits per heavy atom. The van der Waals surface area contributed by atoms with Crippen molar-refractivity contribution in [2.45, 2.75) is 19.9 Å². The number of carbonyl (C=O) groups excluding carboxylic acids is 2. The number of hydrogen-bond donors (Lipinski definition) is 1. The molecule has 0 saturated carbocycles. The first-order chi connectivity index (χ1) is 15.1. The fourth-order valence-corrected chi connectivity index (χ4v) is 3.18. The summed E-state index contributed by atoms with van der Waals surface area (Å²) in [6.45, 7) is 2.25. The van der Waals surface area contributed by atoms with Crippen molar-refractivity contribution in [3.05, 3.63) is 89.9 Å². The van der Waals surface area contributed by atoms with Crippen LogP contribution in [0.2, 0.25) is 0 Å². The quantitative estimate of drug-likeness (QED) is 0.627. The van der Waals surface area contributed by atoms with Gasteiger partial charge in [-0.2, -0.15) is 0 Å². The molecule has 2 amide bonds. The van der Waals surface area contributed by atoms with E-state index in [1.807, 2.05) is 54.6 Å². The first kappa shape index (κ1) is 20.1. The van der Waals surface area contributed by atoms with E-state index in [9.17, 15) is 9.59 Å². The molecule has 1 aromatic heterocycles. The number of nitrogens with one attached hydrogen (secondary N) is 1. The van der Waals surface area contributed by atoms with Crippen molar-refractivity contribution in [2.75, 3.05) is 4.90 Å². The van der Waals surface area contributed by atoms with Gasteiger partial charge in [0.25, 0.3) is 5.91 Å². The van der Waals surface area contributed by atoms with Gasteiger partial charge < -0.3 is 5.32 Å². The summed E-state index contributed by atoms with van der Waals surface area (Å²) in [7, 11) is 0. The normalized spacial score (nSPS) is 14.6. The van der Waals surface area contributed by atoms with Gasteiger partial charge in [-0.1, -0.05) is 42.5 Å². The monoisotopic (exact) mass is 412 g/mol. The van der Waals surface area contributed by atoms with Crippen LogP contribution in [0.3, 0.4) is 0 Å². The molecule has 0 bridgehead atoms. The topological polar surface area (TPSA) is 100 Å². The Hall–Kier alpha value is -4.20. The number of anilines is 1. The fourth-order valence-electron chi connectivity index (χ4n) is 3.18. The van der Waals surface area contributed by atoms with Gasteiger partial charge in [0, 0.05) is 12.6 Å². The molecule has 2 heterocycles. The van der Waals surface area contributed by atoms with Crippen LogP contribution in [-0.4, -0.2) is 32.6 Å². The summed E-state index contributed by atoms with van der Waals surface area (Å²) < 4.78 is 0. The highest BCUT2D eigenvalue weighted by molar-refractivity contribution is 6.28. The van der Waals surface area contributed by atoms with Crippen LogP contribution in [0.5, 0.6) is 0 Å². The number of nitrogens with zero attached hydrogens (tertiary/aromatic N) is 5. The highest BCUT2D eigenvalue weighted by Gasteiger charge is 2.29. The molecule has 3 aromatic rings. The molecular formula is C23H20N6O2. The highest BCUT2D eigenvalue weighted by Crippen LogP contribution is 2.25. The number of aliphatic imine (C=N–C) groups is 1. The standard InChI is InChI=1S/C23H20N6O2/c1-16-28-20(12-21-26-14-24-15-27-21)23(31)29(16)19-9-7-17(8-10-19)11-22(30)25-13-18-5-3-2-4-6-18/h2-10,12,14-15H,11,13H2,1H3,(H,25,30)/b20-12-. The minimum Gasteiger partial charge on any atom is -0.352 e. The van der Waals surface area contributed by atoms with E-state index in [2.05, 4.69) is 25.3 Å². The summed E-state index contributed by atoms with van der Waals surface area (Å²) in [6.07, 6.45) is 4.52. The minimum atomic E-state index is -0.258. The SMILES string of the molecule is CC1=N/C(=C\c2ncncn2)C(=O)N1c1ccc(CC(=O)NCc2ccccc2)cc1. The summed E-state index contributed by atoms with van der Waals surface area (Å²) in [5.74, 6) is 0.604. The van der Waals surface area contributed by atoms with Crippen molar-refractivity contribution in [2.24, 2.45) is 4.99 Å². The summed E-state index contributed by atoms with van der Waals surface area (Å²) in [4.78, 5) is 42.7. The molecule has 0 saturated heterocycles. The molecule has 0 radical (unpaired) electrons. The van der Waals surface area contributed by atoms with Crippen LogP contribution in [0.25, 0.3) is 6.08 Å². The maximum absolute atomic E-state index is 12.8. The molecule has 0 spiro atoms. The Morgan fingerprint density at radius 2 is 1.71 bits per heavy atom. The van der Waals surface area contributed by atoms with Crippen LogP contribution in [0.1, 0.15) is 23.9 Å². The molecule has 4 rings (SSSR count). The van der Waals surface area contributed by atoms with E-state index in [-0.39, 0.29) is 23.9 Å². The van der Waals surface area contributed by atoms with Gasteiger partial charge in [0.05, 0.1) is 12.1 Å². The summed E-state index contributed by atoms with van der Waals surface area (Å²) in [5, 5.41) is 2.91. The van der Waals surface area contributed by atoms with Gasteiger partial charge in [0.2, 0.25) is 5.91 Å². The second-order valence-corrected chi connectivity index (χ2v) is 6.93. The second kappa shape index (κ2) is 9.08. The van der Waals surface area contributed by atoms with Gasteiger partial charge in [0.15, 0.2) is 5.82 Å². The Morgan fingerprint density at radius 1 is 1.00 bits per heavy atom. The Labute approximate surface area is 179 Å². The number of hydrogen-bond acceptors (Lipinski definition) is 6. The largest absolute Gasteiger partial charge is 0.352 e. The molecule has 154 valence electrons. The Kier molecular flexibility index (Phi) is 5.89. The van der Waals surface area contributed by atoms with Gasteiger partial charge in [-0.05, 0) is 30.2 Å². The number of benzene rings is 2. The number of aromatic nitrogens is 3. The Bertz CT molecular complexity index is 1140. The predicted octanol–water partition coefficient (Wildman–Crippen LogP) is 2.54.